The maximum absolute atomic E-state index is 12.7. The van der Waals surface area contributed by atoms with E-state index in [4.69, 9.17) is 14.2 Å². The van der Waals surface area contributed by atoms with Crippen LogP contribution < -0.4 is 0 Å². The predicted molar refractivity (Wildman–Crippen MR) is 247 cm³/mol. The average molecular weight is 821 g/mol. The minimum atomic E-state index is -0.760. The molecule has 0 N–H and O–H groups in total. The Morgan fingerprint density at radius 1 is 0.328 bits per heavy atom. The number of carbonyl (C=O) groups excluding carboxylic acids is 3. The van der Waals surface area contributed by atoms with E-state index < -0.39 is 6.10 Å². The van der Waals surface area contributed by atoms with Crippen molar-refractivity contribution in [2.45, 2.75) is 297 Å². The van der Waals surface area contributed by atoms with E-state index in [0.29, 0.717) is 19.3 Å². The summed E-state index contributed by atoms with van der Waals surface area (Å²) in [5.41, 5.74) is 0. The molecule has 0 saturated carbocycles. The molecular weight excluding hydrogens is 721 g/mol. The standard InChI is InChI=1S/C52H100O6/c1-5-7-9-11-13-15-17-18-19-20-21-22-23-28-31-35-39-43-50(53)56-46-49(58-52(55)45-41-37-33-27-16-14-12-10-8-6-2)47-57-51(54)44-40-36-32-29-25-24-26-30-34-38-42-48(3)4/h48-49H,5-47H2,1-4H3/t49-/m1/s1. The molecule has 0 radical (unpaired) electrons. The summed E-state index contributed by atoms with van der Waals surface area (Å²) in [5, 5.41) is 0. The monoisotopic (exact) mass is 821 g/mol. The van der Waals surface area contributed by atoms with Crippen LogP contribution in [0.4, 0.5) is 0 Å². The van der Waals surface area contributed by atoms with E-state index >= 15 is 0 Å². The van der Waals surface area contributed by atoms with Crippen molar-refractivity contribution in [2.24, 2.45) is 5.92 Å². The first kappa shape index (κ1) is 56.4. The molecule has 0 heterocycles. The Bertz CT molecular complexity index is 872. The third-order valence-corrected chi connectivity index (χ3v) is 11.8. The van der Waals surface area contributed by atoms with Crippen LogP contribution in [0.3, 0.4) is 0 Å². The molecule has 0 aromatic heterocycles. The zero-order chi connectivity index (χ0) is 42.4. The van der Waals surface area contributed by atoms with Crippen molar-refractivity contribution in [3.8, 4) is 0 Å². The number of hydrogen-bond donors (Lipinski definition) is 0. The van der Waals surface area contributed by atoms with Gasteiger partial charge in [0.05, 0.1) is 0 Å². The summed E-state index contributed by atoms with van der Waals surface area (Å²) >= 11 is 0. The zero-order valence-corrected chi connectivity index (χ0v) is 39.5. The molecule has 0 aromatic rings. The van der Waals surface area contributed by atoms with Crippen LogP contribution in [0.25, 0.3) is 0 Å². The van der Waals surface area contributed by atoms with Gasteiger partial charge in [0.1, 0.15) is 13.2 Å². The van der Waals surface area contributed by atoms with E-state index in [-0.39, 0.29) is 31.1 Å². The lowest BCUT2D eigenvalue weighted by atomic mass is 10.0. The third-order valence-electron chi connectivity index (χ3n) is 11.8. The minimum Gasteiger partial charge on any atom is -0.462 e. The van der Waals surface area contributed by atoms with Gasteiger partial charge in [-0.3, -0.25) is 14.4 Å². The van der Waals surface area contributed by atoms with Crippen molar-refractivity contribution in [3.05, 3.63) is 0 Å². The summed E-state index contributed by atoms with van der Waals surface area (Å²) in [6.07, 6.45) is 48.0. The van der Waals surface area contributed by atoms with Crippen molar-refractivity contribution in [2.75, 3.05) is 13.2 Å². The number of unbranched alkanes of at least 4 members (excludes halogenated alkanes) is 34. The van der Waals surface area contributed by atoms with Gasteiger partial charge >= 0.3 is 17.9 Å². The molecule has 6 nitrogen and oxygen atoms in total. The summed E-state index contributed by atoms with van der Waals surface area (Å²) in [5.74, 6) is -0.0281. The van der Waals surface area contributed by atoms with Crippen molar-refractivity contribution in [1.29, 1.82) is 0 Å². The van der Waals surface area contributed by atoms with Gasteiger partial charge in [-0.1, -0.05) is 252 Å². The zero-order valence-electron chi connectivity index (χ0n) is 39.5. The molecule has 0 fully saturated rings. The van der Waals surface area contributed by atoms with Gasteiger partial charge in [0.2, 0.25) is 0 Å². The normalized spacial score (nSPS) is 11.9. The molecular formula is C52H100O6. The number of rotatable bonds is 47. The van der Waals surface area contributed by atoms with Crippen molar-refractivity contribution in [1.82, 2.24) is 0 Å². The second-order valence-electron chi connectivity index (χ2n) is 18.3. The molecule has 0 aliphatic carbocycles. The molecule has 0 amide bonds. The van der Waals surface area contributed by atoms with Crippen LogP contribution in [0.15, 0.2) is 0 Å². The van der Waals surface area contributed by atoms with Gasteiger partial charge < -0.3 is 14.2 Å². The number of carbonyl (C=O) groups is 3. The molecule has 1 atom stereocenters. The van der Waals surface area contributed by atoms with Crippen LogP contribution in [0.5, 0.6) is 0 Å². The van der Waals surface area contributed by atoms with Crippen molar-refractivity contribution < 1.29 is 28.6 Å². The fourth-order valence-corrected chi connectivity index (χ4v) is 7.86. The largest absolute Gasteiger partial charge is 0.462 e. The second-order valence-corrected chi connectivity index (χ2v) is 18.3. The highest BCUT2D eigenvalue weighted by Gasteiger charge is 2.19. The molecule has 0 rings (SSSR count). The van der Waals surface area contributed by atoms with E-state index in [1.54, 1.807) is 0 Å². The minimum absolute atomic E-state index is 0.0629. The summed E-state index contributed by atoms with van der Waals surface area (Å²) in [4.78, 5) is 37.9. The SMILES string of the molecule is CCCCCCCCCCCCCCCCCCCC(=O)OC[C@H](COC(=O)CCCCCCCCCCCCC(C)C)OC(=O)CCCCCCCCCCCC. The molecule has 58 heavy (non-hydrogen) atoms. The Hall–Kier alpha value is -1.59. The molecule has 0 spiro atoms. The van der Waals surface area contributed by atoms with E-state index in [1.165, 1.54) is 186 Å². The van der Waals surface area contributed by atoms with Gasteiger partial charge in [-0.15, -0.1) is 0 Å². The van der Waals surface area contributed by atoms with E-state index in [0.717, 1.165) is 63.7 Å². The lowest BCUT2D eigenvalue weighted by Gasteiger charge is -2.18. The molecule has 344 valence electrons. The van der Waals surface area contributed by atoms with Crippen LogP contribution in [-0.4, -0.2) is 37.2 Å². The molecule has 0 aliphatic rings. The number of ether oxygens (including phenoxy) is 3. The van der Waals surface area contributed by atoms with Gasteiger partial charge in [0.25, 0.3) is 0 Å². The van der Waals surface area contributed by atoms with E-state index in [2.05, 4.69) is 27.7 Å². The molecule has 0 unspecified atom stereocenters. The lowest BCUT2D eigenvalue weighted by Crippen LogP contribution is -2.30. The average Bonchev–Trinajstić information content (AvgIpc) is 3.21. The van der Waals surface area contributed by atoms with Crippen molar-refractivity contribution >= 4 is 17.9 Å². The molecule has 6 heteroatoms. The topological polar surface area (TPSA) is 78.9 Å². The van der Waals surface area contributed by atoms with Gasteiger partial charge in [0, 0.05) is 19.3 Å². The van der Waals surface area contributed by atoms with Gasteiger partial charge in [-0.2, -0.15) is 0 Å². The Morgan fingerprint density at radius 2 is 0.569 bits per heavy atom. The highest BCUT2D eigenvalue weighted by Crippen LogP contribution is 2.17. The van der Waals surface area contributed by atoms with Gasteiger partial charge in [-0.25, -0.2) is 0 Å². The Balaban J connectivity index is 4.25. The van der Waals surface area contributed by atoms with Crippen molar-refractivity contribution in [3.63, 3.8) is 0 Å². The maximum atomic E-state index is 12.7. The lowest BCUT2D eigenvalue weighted by molar-refractivity contribution is -0.167. The summed E-state index contributed by atoms with van der Waals surface area (Å²) in [7, 11) is 0. The van der Waals surface area contributed by atoms with E-state index in [1.807, 2.05) is 0 Å². The van der Waals surface area contributed by atoms with E-state index in [9.17, 15) is 14.4 Å². The quantitative estimate of drug-likeness (QED) is 0.0346. The molecule has 0 aliphatic heterocycles. The summed E-state index contributed by atoms with van der Waals surface area (Å²) in [6.45, 7) is 9.00. The smallest absolute Gasteiger partial charge is 0.306 e. The maximum Gasteiger partial charge on any atom is 0.306 e. The number of hydrogen-bond acceptors (Lipinski definition) is 6. The summed E-state index contributed by atoms with van der Waals surface area (Å²) < 4.78 is 16.8. The van der Waals surface area contributed by atoms with Crippen LogP contribution >= 0.6 is 0 Å². The highest BCUT2D eigenvalue weighted by molar-refractivity contribution is 5.71. The molecule has 0 saturated heterocycles. The fourth-order valence-electron chi connectivity index (χ4n) is 7.86. The first-order valence-electron chi connectivity index (χ1n) is 25.9. The fraction of sp³-hybridized carbons (Fsp3) is 0.942. The Kier molecular flexibility index (Phi) is 45.2. The first-order chi connectivity index (χ1) is 28.4. The highest BCUT2D eigenvalue weighted by atomic mass is 16.6. The molecule has 0 bridgehead atoms. The Morgan fingerprint density at radius 3 is 0.845 bits per heavy atom. The Labute approximate surface area is 361 Å². The first-order valence-corrected chi connectivity index (χ1v) is 25.9. The van der Waals surface area contributed by atoms with Crippen LogP contribution in [0, 0.1) is 5.92 Å². The third kappa shape index (κ3) is 45.5. The van der Waals surface area contributed by atoms with Gasteiger partial charge in [0.15, 0.2) is 6.10 Å². The number of esters is 3. The second kappa shape index (κ2) is 46.5. The summed E-state index contributed by atoms with van der Waals surface area (Å²) in [6, 6.07) is 0. The molecule has 0 aromatic carbocycles. The van der Waals surface area contributed by atoms with Crippen LogP contribution in [0.1, 0.15) is 291 Å². The van der Waals surface area contributed by atoms with Crippen LogP contribution in [0.2, 0.25) is 0 Å². The van der Waals surface area contributed by atoms with Crippen LogP contribution in [-0.2, 0) is 28.6 Å². The van der Waals surface area contributed by atoms with Gasteiger partial charge in [-0.05, 0) is 25.2 Å². The predicted octanol–water partition coefficient (Wildman–Crippen LogP) is 16.7.